The van der Waals surface area contributed by atoms with Gasteiger partial charge in [-0.05, 0) is 30.5 Å². The largest absolute Gasteiger partial charge is 0.481 e. The molecule has 3 rings (SSSR count). The molecule has 28 heavy (non-hydrogen) atoms. The van der Waals surface area contributed by atoms with E-state index in [0.717, 1.165) is 0 Å². The van der Waals surface area contributed by atoms with Crippen LogP contribution in [0.1, 0.15) is 39.4 Å². The number of piperidine rings is 1. The zero-order chi connectivity index (χ0) is 20.1. The summed E-state index contributed by atoms with van der Waals surface area (Å²) >= 11 is 0. The SMILES string of the molecule is O=C(NCc1ccc(F)cc1)c1nccnc1C(=O)N1CCC(C(=O)O)CC1. The first-order valence-corrected chi connectivity index (χ1v) is 8.81. The quantitative estimate of drug-likeness (QED) is 0.805. The number of carboxylic acids is 1. The normalized spacial score (nSPS) is 14.5. The first kappa shape index (κ1) is 19.4. The molecule has 1 aliphatic heterocycles. The highest BCUT2D eigenvalue weighted by atomic mass is 19.1. The number of carbonyl (C=O) groups is 3. The van der Waals surface area contributed by atoms with Gasteiger partial charge in [-0.1, -0.05) is 12.1 Å². The van der Waals surface area contributed by atoms with Gasteiger partial charge in [0.1, 0.15) is 5.82 Å². The van der Waals surface area contributed by atoms with Gasteiger partial charge in [0.2, 0.25) is 0 Å². The lowest BCUT2D eigenvalue weighted by Gasteiger charge is -2.30. The molecule has 146 valence electrons. The average molecular weight is 386 g/mol. The Hall–Kier alpha value is -3.36. The number of carbonyl (C=O) groups excluding carboxylic acids is 2. The Morgan fingerprint density at radius 3 is 2.29 bits per heavy atom. The standard InChI is InChI=1S/C19H19FN4O4/c20-14-3-1-12(2-4-14)11-23-17(25)15-16(22-8-7-21-15)18(26)24-9-5-13(6-10-24)19(27)28/h1-4,7-8,13H,5-6,9-11H2,(H,23,25)(H,27,28). The van der Waals surface area contributed by atoms with Gasteiger partial charge in [0.25, 0.3) is 11.8 Å². The van der Waals surface area contributed by atoms with Crippen molar-refractivity contribution in [3.05, 3.63) is 59.4 Å². The van der Waals surface area contributed by atoms with Crippen molar-refractivity contribution in [3.8, 4) is 0 Å². The Kier molecular flexibility index (Phi) is 5.93. The lowest BCUT2D eigenvalue weighted by atomic mass is 9.97. The highest BCUT2D eigenvalue weighted by Crippen LogP contribution is 2.19. The Bertz CT molecular complexity index is 880. The summed E-state index contributed by atoms with van der Waals surface area (Å²) in [6.45, 7) is 0.708. The second kappa shape index (κ2) is 8.55. The second-order valence-corrected chi connectivity index (χ2v) is 6.47. The minimum Gasteiger partial charge on any atom is -0.481 e. The predicted molar refractivity (Wildman–Crippen MR) is 95.9 cm³/mol. The van der Waals surface area contributed by atoms with Crippen LogP contribution in [0.15, 0.2) is 36.7 Å². The van der Waals surface area contributed by atoms with Crippen LogP contribution in [0.2, 0.25) is 0 Å². The number of nitrogens with zero attached hydrogens (tertiary/aromatic N) is 3. The van der Waals surface area contributed by atoms with E-state index in [1.807, 2.05) is 0 Å². The summed E-state index contributed by atoms with van der Waals surface area (Å²) in [6.07, 6.45) is 3.36. The van der Waals surface area contributed by atoms with E-state index in [2.05, 4.69) is 15.3 Å². The second-order valence-electron chi connectivity index (χ2n) is 6.47. The summed E-state index contributed by atoms with van der Waals surface area (Å²) in [6, 6.07) is 5.68. The van der Waals surface area contributed by atoms with Gasteiger partial charge in [-0.3, -0.25) is 14.4 Å². The number of hydrogen-bond acceptors (Lipinski definition) is 5. The summed E-state index contributed by atoms with van der Waals surface area (Å²) in [5, 5.41) is 11.7. The number of hydrogen-bond donors (Lipinski definition) is 2. The summed E-state index contributed by atoms with van der Waals surface area (Å²) < 4.78 is 13.0. The number of aliphatic carboxylic acids is 1. The van der Waals surface area contributed by atoms with Crippen LogP contribution in [0.5, 0.6) is 0 Å². The molecule has 0 aliphatic carbocycles. The maximum atomic E-state index is 13.0. The van der Waals surface area contributed by atoms with E-state index < -0.39 is 23.7 Å². The van der Waals surface area contributed by atoms with Crippen LogP contribution in [0.3, 0.4) is 0 Å². The molecular weight excluding hydrogens is 367 g/mol. The van der Waals surface area contributed by atoms with Crippen LogP contribution in [-0.2, 0) is 11.3 Å². The van der Waals surface area contributed by atoms with E-state index in [0.29, 0.717) is 18.4 Å². The third-order valence-electron chi connectivity index (χ3n) is 4.61. The van der Waals surface area contributed by atoms with Gasteiger partial charge in [-0.2, -0.15) is 0 Å². The molecule has 1 aromatic carbocycles. The molecule has 1 aromatic heterocycles. The van der Waals surface area contributed by atoms with E-state index in [4.69, 9.17) is 5.11 Å². The lowest BCUT2D eigenvalue weighted by molar-refractivity contribution is -0.143. The third-order valence-corrected chi connectivity index (χ3v) is 4.61. The highest BCUT2D eigenvalue weighted by molar-refractivity contribution is 6.04. The zero-order valence-electron chi connectivity index (χ0n) is 15.0. The number of rotatable bonds is 5. The van der Waals surface area contributed by atoms with Crippen LogP contribution < -0.4 is 5.32 Å². The molecule has 0 radical (unpaired) electrons. The van der Waals surface area contributed by atoms with Crippen molar-refractivity contribution in [2.45, 2.75) is 19.4 Å². The topological polar surface area (TPSA) is 112 Å². The average Bonchev–Trinajstić information content (AvgIpc) is 2.72. The van der Waals surface area contributed by atoms with Crippen LogP contribution >= 0.6 is 0 Å². The van der Waals surface area contributed by atoms with Gasteiger partial charge in [-0.15, -0.1) is 0 Å². The molecule has 9 heteroatoms. The number of amides is 2. The summed E-state index contributed by atoms with van der Waals surface area (Å²) in [5.74, 6) is -2.73. The van der Waals surface area contributed by atoms with Crippen LogP contribution in [-0.4, -0.2) is 50.8 Å². The molecule has 2 aromatic rings. The van der Waals surface area contributed by atoms with Crippen molar-refractivity contribution in [3.63, 3.8) is 0 Å². The Morgan fingerprint density at radius 2 is 1.68 bits per heavy atom. The van der Waals surface area contributed by atoms with E-state index >= 15 is 0 Å². The molecule has 0 unspecified atom stereocenters. The van der Waals surface area contributed by atoms with E-state index in [-0.39, 0.29) is 36.8 Å². The fourth-order valence-corrected chi connectivity index (χ4v) is 3.01. The monoisotopic (exact) mass is 386 g/mol. The van der Waals surface area contributed by atoms with Crippen LogP contribution in [0.4, 0.5) is 4.39 Å². The van der Waals surface area contributed by atoms with Crippen molar-refractivity contribution in [1.82, 2.24) is 20.2 Å². The Morgan fingerprint density at radius 1 is 1.07 bits per heavy atom. The molecule has 1 saturated heterocycles. The number of likely N-dealkylation sites (tertiary alicyclic amines) is 1. The molecular formula is C19H19FN4O4. The lowest BCUT2D eigenvalue weighted by Crippen LogP contribution is -2.41. The van der Waals surface area contributed by atoms with Crippen molar-refractivity contribution in [2.24, 2.45) is 5.92 Å². The van der Waals surface area contributed by atoms with Gasteiger partial charge in [-0.25, -0.2) is 14.4 Å². The number of nitrogens with one attached hydrogen (secondary N) is 1. The molecule has 8 nitrogen and oxygen atoms in total. The maximum absolute atomic E-state index is 13.0. The van der Waals surface area contributed by atoms with E-state index in [9.17, 15) is 18.8 Å². The molecule has 1 fully saturated rings. The molecule has 0 spiro atoms. The fraction of sp³-hybridized carbons (Fsp3) is 0.316. The number of aromatic nitrogens is 2. The Labute approximate surface area is 160 Å². The maximum Gasteiger partial charge on any atom is 0.306 e. The summed E-state index contributed by atoms with van der Waals surface area (Å²) in [7, 11) is 0. The third kappa shape index (κ3) is 4.48. The zero-order valence-corrected chi connectivity index (χ0v) is 15.0. The molecule has 2 heterocycles. The smallest absolute Gasteiger partial charge is 0.306 e. The van der Waals surface area contributed by atoms with E-state index in [1.54, 1.807) is 12.1 Å². The number of benzene rings is 1. The summed E-state index contributed by atoms with van der Waals surface area (Å²) in [5.41, 5.74) is 0.519. The highest BCUT2D eigenvalue weighted by Gasteiger charge is 2.30. The first-order valence-electron chi connectivity index (χ1n) is 8.81. The molecule has 0 saturated carbocycles. The minimum atomic E-state index is -0.868. The Balaban J connectivity index is 1.68. The van der Waals surface area contributed by atoms with Crippen LogP contribution in [0.25, 0.3) is 0 Å². The first-order chi connectivity index (χ1) is 13.5. The van der Waals surface area contributed by atoms with Crippen molar-refractivity contribution < 1.29 is 23.9 Å². The van der Waals surface area contributed by atoms with Gasteiger partial charge in [0, 0.05) is 32.0 Å². The number of halogens is 1. The van der Waals surface area contributed by atoms with Crippen LogP contribution in [0, 0.1) is 11.7 Å². The molecule has 0 atom stereocenters. The van der Waals surface area contributed by atoms with Gasteiger partial charge < -0.3 is 15.3 Å². The predicted octanol–water partition coefficient (Wildman–Crippen LogP) is 1.48. The minimum absolute atomic E-state index is 0.0760. The van der Waals surface area contributed by atoms with Gasteiger partial charge in [0.05, 0.1) is 5.92 Å². The summed E-state index contributed by atoms with van der Waals surface area (Å²) in [4.78, 5) is 45.8. The van der Waals surface area contributed by atoms with Crippen molar-refractivity contribution >= 4 is 17.8 Å². The molecule has 0 bridgehead atoms. The van der Waals surface area contributed by atoms with Crippen molar-refractivity contribution in [1.29, 1.82) is 0 Å². The van der Waals surface area contributed by atoms with Gasteiger partial charge in [0.15, 0.2) is 11.4 Å². The number of carboxylic acid groups (broad SMARTS) is 1. The van der Waals surface area contributed by atoms with Crippen molar-refractivity contribution in [2.75, 3.05) is 13.1 Å². The molecule has 2 amide bonds. The molecule has 1 aliphatic rings. The van der Waals surface area contributed by atoms with Gasteiger partial charge >= 0.3 is 5.97 Å². The van der Waals surface area contributed by atoms with E-state index in [1.165, 1.54) is 29.4 Å². The fourth-order valence-electron chi connectivity index (χ4n) is 3.01. The molecule has 2 N–H and O–H groups in total.